The number of nitrogens with zero attached hydrogens (tertiary/aromatic N) is 1. The minimum Gasteiger partial charge on any atom is -0.861 e. The van der Waals surface area contributed by atoms with Crippen LogP contribution in [0.5, 0.6) is 11.5 Å². The molecular formula is C27H18Cl2NNaO8. The molecule has 5 atom stereocenters. The third-order valence-corrected chi connectivity index (χ3v) is 7.89. The van der Waals surface area contributed by atoms with Gasteiger partial charge in [0.15, 0.2) is 22.9 Å². The summed E-state index contributed by atoms with van der Waals surface area (Å²) in [7, 11) is 0. The average molecular weight is 578 g/mol. The van der Waals surface area contributed by atoms with Gasteiger partial charge in [0.05, 0.1) is 21.8 Å². The van der Waals surface area contributed by atoms with Gasteiger partial charge in [0.2, 0.25) is 6.79 Å². The summed E-state index contributed by atoms with van der Waals surface area (Å²) in [5.74, 6) is -5.49. The number of ether oxygens (including phenoxy) is 3. The molecule has 6 rings (SSSR count). The number of rotatable bonds is 4. The number of fused-ring (bicyclic) bond motifs is 2. The van der Waals surface area contributed by atoms with E-state index in [1.54, 1.807) is 18.2 Å². The van der Waals surface area contributed by atoms with Crippen molar-refractivity contribution >= 4 is 46.5 Å². The predicted octanol–water partition coefficient (Wildman–Crippen LogP) is 0.874. The van der Waals surface area contributed by atoms with E-state index in [4.69, 9.17) is 37.4 Å². The largest absolute Gasteiger partial charge is 1.00 e. The Morgan fingerprint density at radius 2 is 1.77 bits per heavy atom. The van der Waals surface area contributed by atoms with Crippen LogP contribution in [-0.4, -0.2) is 40.3 Å². The Labute approximate surface area is 254 Å². The summed E-state index contributed by atoms with van der Waals surface area (Å²) < 4.78 is 16.8. The van der Waals surface area contributed by atoms with Crippen LogP contribution in [0.2, 0.25) is 10.0 Å². The van der Waals surface area contributed by atoms with Crippen molar-refractivity contribution in [1.82, 2.24) is 0 Å². The monoisotopic (exact) mass is 577 g/mol. The van der Waals surface area contributed by atoms with E-state index in [1.807, 2.05) is 0 Å². The molecule has 9 nitrogen and oxygen atoms in total. The number of carboxylic acid groups (broad SMARTS) is 1. The van der Waals surface area contributed by atoms with Crippen molar-refractivity contribution in [3.05, 3.63) is 87.4 Å². The molecule has 39 heavy (non-hydrogen) atoms. The molecule has 2 N–H and O–H groups in total. The molecule has 12 heteroatoms. The summed E-state index contributed by atoms with van der Waals surface area (Å²) in [5.41, 5.74) is -1.43. The van der Waals surface area contributed by atoms with Crippen molar-refractivity contribution in [2.75, 3.05) is 6.79 Å². The zero-order valence-electron chi connectivity index (χ0n) is 20.3. The quantitative estimate of drug-likeness (QED) is 0.265. The molecular weight excluding hydrogens is 560 g/mol. The maximum absolute atomic E-state index is 13.8. The summed E-state index contributed by atoms with van der Waals surface area (Å²) in [6.07, 6.45) is -2.93. The van der Waals surface area contributed by atoms with E-state index in [0.29, 0.717) is 17.1 Å². The van der Waals surface area contributed by atoms with Gasteiger partial charge in [0.1, 0.15) is 12.0 Å². The van der Waals surface area contributed by atoms with Gasteiger partial charge in [0.25, 0.3) is 0 Å². The normalized spacial score (nSPS) is 26.9. The van der Waals surface area contributed by atoms with E-state index in [9.17, 15) is 24.9 Å². The van der Waals surface area contributed by atoms with Crippen LogP contribution in [0.3, 0.4) is 0 Å². The summed E-state index contributed by atoms with van der Waals surface area (Å²) in [6, 6.07) is 15.2. The number of aliphatic hydroxyl groups excluding tert-OH is 1. The maximum atomic E-state index is 13.8. The number of aliphatic imine (C=N–C) groups is 1. The molecule has 1 aliphatic carbocycles. The Morgan fingerprint density at radius 1 is 1.03 bits per heavy atom. The van der Waals surface area contributed by atoms with Crippen LogP contribution < -0.4 is 44.1 Å². The van der Waals surface area contributed by atoms with Gasteiger partial charge in [-0.05, 0) is 41.3 Å². The molecule has 1 unspecified atom stereocenters. The Morgan fingerprint density at radius 3 is 2.49 bits per heavy atom. The van der Waals surface area contributed by atoms with E-state index in [0.717, 1.165) is 0 Å². The number of carboxylic acids is 1. The standard InChI is InChI=1S/C27H19Cl2NO8.Na/c28-16-7-5-12(9-17(16)29)22-20(25(33)30-13-6-8-18-19(10-13)37-11-36-18)21(26(34)35)27(38-22)23(31)14-3-1-2-4-15(14)24(27)32;/h1-10,20-23,31H,11H2,(H,30,33)(H,34,35);/q;+1/p-1/t20-,21-,22-,23-,27?;/m1./s1. The minimum absolute atomic E-state index is 0. The number of aliphatic carboxylic acids is 1. The number of ketones is 1. The van der Waals surface area contributed by atoms with Crippen LogP contribution in [0.15, 0.2) is 65.7 Å². The number of halogens is 2. The minimum atomic E-state index is -2.27. The van der Waals surface area contributed by atoms with Crippen LogP contribution in [0.4, 0.5) is 5.69 Å². The van der Waals surface area contributed by atoms with Gasteiger partial charge in [0, 0.05) is 17.5 Å². The van der Waals surface area contributed by atoms with Crippen LogP contribution in [0.1, 0.15) is 33.7 Å². The Hall–Kier alpha value is -2.63. The first-order valence-corrected chi connectivity index (χ1v) is 12.3. The molecule has 3 aliphatic rings. The van der Waals surface area contributed by atoms with Crippen LogP contribution in [0.25, 0.3) is 0 Å². The molecule has 1 spiro atoms. The number of aliphatic hydroxyl groups is 1. The van der Waals surface area contributed by atoms with Gasteiger partial charge in [-0.1, -0.05) is 53.5 Å². The number of hydrogen-bond acceptors (Lipinski definition) is 8. The number of benzene rings is 3. The van der Waals surface area contributed by atoms with Gasteiger partial charge in [-0.15, -0.1) is 0 Å². The molecule has 0 bridgehead atoms. The zero-order valence-corrected chi connectivity index (χ0v) is 23.8. The van der Waals surface area contributed by atoms with Crippen LogP contribution in [0, 0.1) is 11.8 Å². The van der Waals surface area contributed by atoms with Crippen molar-refractivity contribution in [2.24, 2.45) is 16.8 Å². The third kappa shape index (κ3) is 4.33. The topological polar surface area (TPSA) is 138 Å². The molecule has 0 aromatic heterocycles. The number of carbonyl (C=O) groups is 2. The zero-order chi connectivity index (χ0) is 26.8. The maximum Gasteiger partial charge on any atom is 1.00 e. The Bertz CT molecular complexity index is 1530. The third-order valence-electron chi connectivity index (χ3n) is 7.15. The first-order valence-electron chi connectivity index (χ1n) is 11.5. The average Bonchev–Trinajstić information content (AvgIpc) is 3.57. The molecule has 0 amide bonds. The van der Waals surface area contributed by atoms with Crippen LogP contribution in [-0.2, 0) is 9.53 Å². The molecule has 3 aromatic carbocycles. The molecule has 194 valence electrons. The summed E-state index contributed by atoms with van der Waals surface area (Å²) in [5, 5.41) is 35.9. The van der Waals surface area contributed by atoms with Crippen molar-refractivity contribution < 1.29 is 68.7 Å². The molecule has 1 saturated heterocycles. The van der Waals surface area contributed by atoms with Crippen molar-refractivity contribution in [3.63, 3.8) is 0 Å². The van der Waals surface area contributed by atoms with E-state index < -0.39 is 47.3 Å². The first kappa shape index (κ1) is 27.9. The van der Waals surface area contributed by atoms with Crippen molar-refractivity contribution in [1.29, 1.82) is 0 Å². The second-order valence-electron chi connectivity index (χ2n) is 9.15. The van der Waals surface area contributed by atoms with Gasteiger partial charge < -0.3 is 29.5 Å². The molecule has 1 fully saturated rings. The molecule has 2 heterocycles. The Balaban J connectivity index is 0.00000308. The smallest absolute Gasteiger partial charge is 0.861 e. The van der Waals surface area contributed by atoms with E-state index in [-0.39, 0.29) is 63.2 Å². The van der Waals surface area contributed by atoms with Gasteiger partial charge in [-0.25, -0.2) is 0 Å². The number of Topliss-reactive ketones (excluding diaryl/α,β-unsaturated/α-hetero) is 1. The SMILES string of the molecule is O=C(O)[C@H]1[C@@H](C([O-])=Nc2ccc3c(c2)OCO3)[C@@H](c2ccc(Cl)c(Cl)c2)OC12C(=O)c1ccccc1[C@H]2O.[Na+]. The fourth-order valence-electron chi connectivity index (χ4n) is 5.47. The summed E-state index contributed by atoms with van der Waals surface area (Å²) in [6.45, 7) is 0.0206. The summed E-state index contributed by atoms with van der Waals surface area (Å²) >= 11 is 12.3. The first-order chi connectivity index (χ1) is 18.2. The second-order valence-corrected chi connectivity index (χ2v) is 9.97. The molecule has 0 saturated carbocycles. The predicted molar refractivity (Wildman–Crippen MR) is 133 cm³/mol. The van der Waals surface area contributed by atoms with Gasteiger partial charge in [-0.2, -0.15) is 0 Å². The summed E-state index contributed by atoms with van der Waals surface area (Å²) in [4.78, 5) is 30.7. The van der Waals surface area contributed by atoms with Crippen molar-refractivity contribution in [3.8, 4) is 11.5 Å². The molecule has 3 aromatic rings. The van der Waals surface area contributed by atoms with Gasteiger partial charge in [-0.3, -0.25) is 14.6 Å². The van der Waals surface area contributed by atoms with E-state index in [1.165, 1.54) is 42.5 Å². The van der Waals surface area contributed by atoms with Crippen molar-refractivity contribution in [2.45, 2.75) is 17.8 Å². The number of carbonyl (C=O) groups excluding carboxylic acids is 1. The molecule has 2 aliphatic heterocycles. The van der Waals surface area contributed by atoms with Gasteiger partial charge >= 0.3 is 35.5 Å². The Kier molecular flexibility index (Phi) is 7.45. The number of hydrogen-bond donors (Lipinski definition) is 2. The fraction of sp³-hybridized carbons (Fsp3) is 0.222. The van der Waals surface area contributed by atoms with E-state index >= 15 is 0 Å². The second kappa shape index (κ2) is 10.4. The van der Waals surface area contributed by atoms with E-state index in [2.05, 4.69) is 4.99 Å². The van der Waals surface area contributed by atoms with Crippen LogP contribution >= 0.6 is 23.2 Å². The molecule has 0 radical (unpaired) electrons. The fourth-order valence-corrected chi connectivity index (χ4v) is 5.77.